The fourth-order valence-corrected chi connectivity index (χ4v) is 4.77. The minimum atomic E-state index is -0.179. The second kappa shape index (κ2) is 12.2. The molecule has 38 heavy (non-hydrogen) atoms. The Morgan fingerprint density at radius 3 is 2.71 bits per heavy atom. The number of halogens is 1. The van der Waals surface area contributed by atoms with Crippen molar-refractivity contribution in [1.29, 1.82) is 0 Å². The Kier molecular flexibility index (Phi) is 8.29. The third kappa shape index (κ3) is 6.37. The molecule has 5 rings (SSSR count). The zero-order valence-electron chi connectivity index (χ0n) is 20.8. The number of carbonyl (C=O) groups excluding carboxylic acids is 1. The Balaban J connectivity index is 1.36. The molecule has 2 aromatic carbocycles. The third-order valence-corrected chi connectivity index (χ3v) is 6.99. The quantitative estimate of drug-likeness (QED) is 0.182. The zero-order valence-corrected chi connectivity index (χ0v) is 23.0. The molecule has 1 saturated heterocycles. The summed E-state index contributed by atoms with van der Waals surface area (Å²) in [6, 6.07) is 15.2. The number of rotatable bonds is 8. The summed E-state index contributed by atoms with van der Waals surface area (Å²) in [4.78, 5) is 25.9. The smallest absolute Gasteiger partial charge is 0.248 e. The number of pyridine rings is 1. The summed E-state index contributed by atoms with van der Waals surface area (Å²) in [5, 5.41) is 10.4. The first-order valence-corrected chi connectivity index (χ1v) is 13.3. The Labute approximate surface area is 234 Å². The number of amides is 1. The number of carbonyl (C=O) groups is 1. The maximum atomic E-state index is 12.8. The average molecular weight is 622 g/mol. The molecule has 0 atom stereocenters. The van der Waals surface area contributed by atoms with E-state index in [0.717, 1.165) is 57.6 Å². The van der Waals surface area contributed by atoms with Gasteiger partial charge in [0.1, 0.15) is 30.3 Å². The van der Waals surface area contributed by atoms with Gasteiger partial charge < -0.3 is 25.4 Å². The topological polar surface area (TPSA) is 110 Å². The van der Waals surface area contributed by atoms with Gasteiger partial charge >= 0.3 is 0 Å². The number of fused-ring (bicyclic) bond motifs is 1. The molecular weight excluding hydrogens is 595 g/mol. The van der Waals surface area contributed by atoms with Crippen LogP contribution in [0.5, 0.6) is 11.5 Å². The Bertz CT molecular complexity index is 1470. The lowest BCUT2D eigenvalue weighted by atomic mass is 10.1. The molecule has 10 heteroatoms. The highest BCUT2D eigenvalue weighted by molar-refractivity contribution is 14.1. The largest absolute Gasteiger partial charge is 0.494 e. The fraction of sp³-hybridized carbons (Fsp3) is 0.214. The molecule has 0 unspecified atom stereocenters. The van der Waals surface area contributed by atoms with Crippen LogP contribution in [-0.2, 0) is 11.4 Å². The lowest BCUT2D eigenvalue weighted by Crippen LogP contribution is -2.24. The van der Waals surface area contributed by atoms with E-state index in [1.54, 1.807) is 25.4 Å². The van der Waals surface area contributed by atoms with Crippen LogP contribution in [0.15, 0.2) is 72.7 Å². The maximum Gasteiger partial charge on any atom is 0.248 e. The van der Waals surface area contributed by atoms with Crippen molar-refractivity contribution in [3.05, 3.63) is 82.0 Å². The second-order valence-corrected chi connectivity index (χ2v) is 9.87. The van der Waals surface area contributed by atoms with E-state index in [2.05, 4.69) is 53.5 Å². The van der Waals surface area contributed by atoms with Crippen molar-refractivity contribution in [3.8, 4) is 11.5 Å². The van der Waals surface area contributed by atoms with Crippen LogP contribution in [0.25, 0.3) is 10.9 Å². The predicted octanol–water partition coefficient (Wildman–Crippen LogP) is 5.21. The van der Waals surface area contributed by atoms with Gasteiger partial charge in [-0.25, -0.2) is 9.97 Å². The summed E-state index contributed by atoms with van der Waals surface area (Å²) in [7, 11) is 1.57. The number of anilines is 3. The van der Waals surface area contributed by atoms with Crippen molar-refractivity contribution in [2.75, 3.05) is 30.8 Å². The molecule has 1 aliphatic rings. The van der Waals surface area contributed by atoms with Crippen molar-refractivity contribution < 1.29 is 14.3 Å². The van der Waals surface area contributed by atoms with Crippen LogP contribution >= 0.6 is 22.6 Å². The molecule has 4 aromatic rings. The molecule has 1 aliphatic heterocycles. The summed E-state index contributed by atoms with van der Waals surface area (Å²) in [6.45, 7) is 2.17. The number of piperidine rings is 1. The van der Waals surface area contributed by atoms with Crippen molar-refractivity contribution in [1.82, 2.24) is 20.3 Å². The van der Waals surface area contributed by atoms with Gasteiger partial charge in [-0.1, -0.05) is 11.6 Å². The molecule has 1 amide bonds. The van der Waals surface area contributed by atoms with Gasteiger partial charge in [0.2, 0.25) is 5.91 Å². The van der Waals surface area contributed by atoms with E-state index in [1.165, 1.54) is 6.33 Å². The van der Waals surface area contributed by atoms with Crippen LogP contribution in [-0.4, -0.2) is 41.1 Å². The van der Waals surface area contributed by atoms with Gasteiger partial charge in [0, 0.05) is 27.3 Å². The number of methoxy groups -OCH3 is 1. The molecule has 3 N–H and O–H groups in total. The van der Waals surface area contributed by atoms with E-state index in [4.69, 9.17) is 9.47 Å². The summed E-state index contributed by atoms with van der Waals surface area (Å²) < 4.78 is 12.4. The number of benzene rings is 2. The first kappa shape index (κ1) is 25.9. The van der Waals surface area contributed by atoms with E-state index in [-0.39, 0.29) is 5.91 Å². The van der Waals surface area contributed by atoms with E-state index in [0.29, 0.717) is 29.4 Å². The molecular formula is C28H27IN6O3. The number of aromatic nitrogens is 3. The van der Waals surface area contributed by atoms with Gasteiger partial charge in [-0.2, -0.15) is 0 Å². The number of nitrogens with zero attached hydrogens (tertiary/aromatic N) is 3. The van der Waals surface area contributed by atoms with Crippen LogP contribution in [0.3, 0.4) is 0 Å². The number of nitrogens with one attached hydrogen (secondary N) is 3. The first-order valence-electron chi connectivity index (χ1n) is 12.2. The van der Waals surface area contributed by atoms with Crippen LogP contribution in [0.1, 0.15) is 18.5 Å². The molecule has 9 nitrogen and oxygen atoms in total. The maximum absolute atomic E-state index is 12.8. The average Bonchev–Trinajstić information content (AvgIpc) is 2.94. The van der Waals surface area contributed by atoms with Crippen LogP contribution in [0, 0.1) is 3.57 Å². The molecule has 194 valence electrons. The van der Waals surface area contributed by atoms with Crippen molar-refractivity contribution in [2.24, 2.45) is 0 Å². The summed E-state index contributed by atoms with van der Waals surface area (Å²) in [5.74, 6) is 1.71. The second-order valence-electron chi connectivity index (χ2n) is 8.71. The SMILES string of the molecule is COc1cc2ncnc(Nc3ccc(OCc4ccccn4)cc3I)c2cc1NC(=O)C=C1CCNCC1. The third-order valence-electron chi connectivity index (χ3n) is 6.10. The van der Waals surface area contributed by atoms with Gasteiger partial charge in [-0.15, -0.1) is 0 Å². The first-order chi connectivity index (χ1) is 18.6. The molecule has 2 aromatic heterocycles. The Morgan fingerprint density at radius 1 is 1.08 bits per heavy atom. The van der Waals surface area contributed by atoms with E-state index in [1.807, 2.05) is 42.5 Å². The number of ether oxygens (including phenoxy) is 2. The highest BCUT2D eigenvalue weighted by Gasteiger charge is 2.14. The van der Waals surface area contributed by atoms with Gasteiger partial charge in [0.15, 0.2) is 0 Å². The summed E-state index contributed by atoms with van der Waals surface area (Å²) in [5.41, 5.74) is 4.12. The van der Waals surface area contributed by atoms with Crippen molar-refractivity contribution in [3.63, 3.8) is 0 Å². The van der Waals surface area contributed by atoms with Crippen LogP contribution < -0.4 is 25.4 Å². The van der Waals surface area contributed by atoms with E-state index in [9.17, 15) is 4.79 Å². The number of hydrogen-bond donors (Lipinski definition) is 3. The molecule has 0 spiro atoms. The molecule has 0 saturated carbocycles. The molecule has 0 radical (unpaired) electrons. The van der Waals surface area contributed by atoms with Gasteiger partial charge in [0.25, 0.3) is 0 Å². The lowest BCUT2D eigenvalue weighted by Gasteiger charge is -2.16. The Hall–Kier alpha value is -3.77. The standard InChI is InChI=1S/C28H27IN6O3/c1-37-26-15-24-21(14-25(26)34-27(36)12-18-7-10-30-11-8-18)28(33-17-32-24)35-23-6-5-20(13-22(23)29)38-16-19-4-2-3-9-31-19/h2-6,9,12-15,17,30H,7-8,10-11,16H2,1H3,(H,34,36)(H,32,33,35). The van der Waals surface area contributed by atoms with Crippen molar-refractivity contribution in [2.45, 2.75) is 19.4 Å². The van der Waals surface area contributed by atoms with Gasteiger partial charge in [0.05, 0.1) is 29.7 Å². The summed E-state index contributed by atoms with van der Waals surface area (Å²) >= 11 is 2.26. The normalized spacial score (nSPS) is 13.2. The molecule has 0 bridgehead atoms. The van der Waals surface area contributed by atoms with E-state index < -0.39 is 0 Å². The Morgan fingerprint density at radius 2 is 1.95 bits per heavy atom. The van der Waals surface area contributed by atoms with Crippen molar-refractivity contribution >= 4 is 56.6 Å². The minimum Gasteiger partial charge on any atom is -0.494 e. The van der Waals surface area contributed by atoms with Crippen LogP contribution in [0.2, 0.25) is 0 Å². The highest BCUT2D eigenvalue weighted by Crippen LogP contribution is 2.34. The molecule has 0 aliphatic carbocycles. The van der Waals surface area contributed by atoms with E-state index >= 15 is 0 Å². The van der Waals surface area contributed by atoms with Crippen LogP contribution in [0.4, 0.5) is 17.2 Å². The summed E-state index contributed by atoms with van der Waals surface area (Å²) in [6.07, 6.45) is 6.68. The molecule has 3 heterocycles. The van der Waals surface area contributed by atoms with Gasteiger partial charge in [-0.3, -0.25) is 9.78 Å². The highest BCUT2D eigenvalue weighted by atomic mass is 127. The monoisotopic (exact) mass is 622 g/mol. The molecule has 1 fully saturated rings. The van der Waals surface area contributed by atoms with Gasteiger partial charge in [-0.05, 0) is 84.9 Å². The lowest BCUT2D eigenvalue weighted by molar-refractivity contribution is -0.112. The zero-order chi connectivity index (χ0) is 26.3. The fourth-order valence-electron chi connectivity index (χ4n) is 4.15. The number of hydrogen-bond acceptors (Lipinski definition) is 8. The predicted molar refractivity (Wildman–Crippen MR) is 156 cm³/mol. The minimum absolute atomic E-state index is 0.179.